The third-order valence-electron chi connectivity index (χ3n) is 1.30. The molecule has 0 rings (SSSR count). The number of hydrogen-bond donors (Lipinski definition) is 2. The van der Waals surface area contributed by atoms with Gasteiger partial charge < -0.3 is 0 Å². The van der Waals surface area contributed by atoms with Gasteiger partial charge in [-0.3, -0.25) is 0 Å². The molecule has 0 radical (unpaired) electrons. The highest BCUT2D eigenvalue weighted by Gasteiger charge is 2.01. The summed E-state index contributed by atoms with van der Waals surface area (Å²) in [6.45, 7) is 3.67. The normalized spacial score (nSPS) is 13.1. The Morgan fingerprint density at radius 2 is 2.11 bits per heavy atom. The second-order valence-corrected chi connectivity index (χ2v) is 2.90. The van der Waals surface area contributed by atoms with Crippen LogP contribution in [0.4, 0.5) is 0 Å². The van der Waals surface area contributed by atoms with Gasteiger partial charge in [-0.2, -0.15) is 25.3 Å². The van der Waals surface area contributed by atoms with E-state index in [1.165, 1.54) is 0 Å². The van der Waals surface area contributed by atoms with Crippen molar-refractivity contribution >= 4 is 25.3 Å². The van der Waals surface area contributed by atoms with Crippen molar-refractivity contribution in [2.45, 2.75) is 12.8 Å². The standard InChI is InChI=1S/C7H14S2/c1-2-3-7(6-9)4-5-8/h2,7-9H,1,3-6H2. The Kier molecular flexibility index (Phi) is 6.88. The van der Waals surface area contributed by atoms with Gasteiger partial charge in [-0.15, -0.1) is 6.58 Å². The molecule has 0 fully saturated rings. The third kappa shape index (κ3) is 4.91. The van der Waals surface area contributed by atoms with Gasteiger partial charge in [0.25, 0.3) is 0 Å². The highest BCUT2D eigenvalue weighted by Crippen LogP contribution is 2.10. The van der Waals surface area contributed by atoms with E-state index in [0.29, 0.717) is 5.92 Å². The first-order chi connectivity index (χ1) is 4.35. The topological polar surface area (TPSA) is 0 Å². The zero-order valence-corrected chi connectivity index (χ0v) is 7.37. The molecular formula is C7H14S2. The number of allylic oxidation sites excluding steroid dienone is 1. The Morgan fingerprint density at radius 3 is 2.44 bits per heavy atom. The predicted octanol–water partition coefficient (Wildman–Crippen LogP) is 2.43. The predicted molar refractivity (Wildman–Crippen MR) is 50.6 cm³/mol. The molecule has 0 aromatic rings. The Bertz CT molecular complexity index is 71.3. The van der Waals surface area contributed by atoms with Crippen molar-refractivity contribution < 1.29 is 0 Å². The summed E-state index contributed by atoms with van der Waals surface area (Å²) in [5.74, 6) is 2.59. The van der Waals surface area contributed by atoms with E-state index >= 15 is 0 Å². The van der Waals surface area contributed by atoms with E-state index < -0.39 is 0 Å². The van der Waals surface area contributed by atoms with E-state index in [2.05, 4.69) is 31.8 Å². The Morgan fingerprint density at radius 1 is 1.44 bits per heavy atom. The molecular weight excluding hydrogens is 148 g/mol. The van der Waals surface area contributed by atoms with Crippen molar-refractivity contribution in [3.05, 3.63) is 12.7 Å². The summed E-state index contributed by atoms with van der Waals surface area (Å²) in [5, 5.41) is 0. The molecule has 0 saturated carbocycles. The highest BCUT2D eigenvalue weighted by atomic mass is 32.1. The van der Waals surface area contributed by atoms with Gasteiger partial charge >= 0.3 is 0 Å². The van der Waals surface area contributed by atoms with E-state index in [1.54, 1.807) is 0 Å². The molecule has 0 nitrogen and oxygen atoms in total. The monoisotopic (exact) mass is 162 g/mol. The van der Waals surface area contributed by atoms with Crippen LogP contribution >= 0.6 is 25.3 Å². The molecule has 0 spiro atoms. The summed E-state index contributed by atoms with van der Waals surface area (Å²) < 4.78 is 0. The average molecular weight is 162 g/mol. The first kappa shape index (κ1) is 9.44. The van der Waals surface area contributed by atoms with Crippen LogP contribution < -0.4 is 0 Å². The van der Waals surface area contributed by atoms with Crippen molar-refractivity contribution in [1.29, 1.82) is 0 Å². The first-order valence-corrected chi connectivity index (χ1v) is 4.44. The molecule has 54 valence electrons. The third-order valence-corrected chi connectivity index (χ3v) is 2.07. The second kappa shape index (κ2) is 6.56. The fourth-order valence-electron chi connectivity index (χ4n) is 0.702. The van der Waals surface area contributed by atoms with Gasteiger partial charge in [0, 0.05) is 0 Å². The molecule has 0 N–H and O–H groups in total. The van der Waals surface area contributed by atoms with E-state index in [-0.39, 0.29) is 0 Å². The minimum absolute atomic E-state index is 0.684. The molecule has 0 aromatic carbocycles. The lowest BCUT2D eigenvalue weighted by molar-refractivity contribution is 0.590. The van der Waals surface area contributed by atoms with Crippen LogP contribution in [0.2, 0.25) is 0 Å². The molecule has 0 aromatic heterocycles. The zero-order valence-electron chi connectivity index (χ0n) is 5.58. The molecule has 0 aliphatic carbocycles. The molecule has 0 bridgehead atoms. The lowest BCUT2D eigenvalue weighted by Crippen LogP contribution is -2.00. The summed E-state index contributed by atoms with van der Waals surface area (Å²) in [7, 11) is 0. The molecule has 2 heteroatoms. The quantitative estimate of drug-likeness (QED) is 0.450. The molecule has 0 saturated heterocycles. The SMILES string of the molecule is C=CCC(CS)CCS. The molecule has 0 aliphatic heterocycles. The molecule has 1 atom stereocenters. The summed E-state index contributed by atoms with van der Waals surface area (Å²) in [4.78, 5) is 0. The van der Waals surface area contributed by atoms with Crippen LogP contribution in [0.3, 0.4) is 0 Å². The van der Waals surface area contributed by atoms with Crippen LogP contribution in [0, 0.1) is 5.92 Å². The minimum atomic E-state index is 0.684. The molecule has 9 heavy (non-hydrogen) atoms. The molecule has 0 heterocycles. The number of thiol groups is 2. The Labute approximate surface area is 68.5 Å². The molecule has 0 aliphatic rings. The van der Waals surface area contributed by atoms with Gasteiger partial charge in [-0.1, -0.05) is 6.08 Å². The van der Waals surface area contributed by atoms with Crippen molar-refractivity contribution in [3.8, 4) is 0 Å². The smallest absolute Gasteiger partial charge is 0.00662 e. The van der Waals surface area contributed by atoms with Crippen LogP contribution in [-0.4, -0.2) is 11.5 Å². The van der Waals surface area contributed by atoms with Crippen molar-refractivity contribution in [2.75, 3.05) is 11.5 Å². The Balaban J connectivity index is 3.28. The van der Waals surface area contributed by atoms with Crippen LogP contribution in [0.15, 0.2) is 12.7 Å². The van der Waals surface area contributed by atoms with E-state index in [1.807, 2.05) is 6.08 Å². The molecule has 1 unspecified atom stereocenters. The van der Waals surface area contributed by atoms with Gasteiger partial charge in [-0.05, 0) is 30.3 Å². The van der Waals surface area contributed by atoms with E-state index in [0.717, 1.165) is 24.3 Å². The maximum atomic E-state index is 4.20. The summed E-state index contributed by atoms with van der Waals surface area (Å²) in [6, 6.07) is 0. The number of rotatable bonds is 5. The van der Waals surface area contributed by atoms with Gasteiger partial charge in [0.1, 0.15) is 0 Å². The van der Waals surface area contributed by atoms with Crippen molar-refractivity contribution in [3.63, 3.8) is 0 Å². The Hall–Kier alpha value is 0.440. The first-order valence-electron chi connectivity index (χ1n) is 3.17. The van der Waals surface area contributed by atoms with Crippen LogP contribution in [0.5, 0.6) is 0 Å². The minimum Gasteiger partial charge on any atom is -0.179 e. The highest BCUT2D eigenvalue weighted by molar-refractivity contribution is 7.80. The maximum absolute atomic E-state index is 4.20. The van der Waals surface area contributed by atoms with Crippen molar-refractivity contribution in [2.24, 2.45) is 5.92 Å². The largest absolute Gasteiger partial charge is 0.179 e. The fourth-order valence-corrected chi connectivity index (χ4v) is 1.40. The van der Waals surface area contributed by atoms with Gasteiger partial charge in [0.15, 0.2) is 0 Å². The fraction of sp³-hybridized carbons (Fsp3) is 0.714. The van der Waals surface area contributed by atoms with Gasteiger partial charge in [0.2, 0.25) is 0 Å². The lowest BCUT2D eigenvalue weighted by Gasteiger charge is -2.08. The van der Waals surface area contributed by atoms with Crippen LogP contribution in [-0.2, 0) is 0 Å². The molecule has 0 amide bonds. The maximum Gasteiger partial charge on any atom is -0.00662 e. The summed E-state index contributed by atoms with van der Waals surface area (Å²) in [6.07, 6.45) is 4.17. The lowest BCUT2D eigenvalue weighted by atomic mass is 10.1. The van der Waals surface area contributed by atoms with Crippen LogP contribution in [0.25, 0.3) is 0 Å². The van der Waals surface area contributed by atoms with E-state index in [4.69, 9.17) is 0 Å². The summed E-state index contributed by atoms with van der Waals surface area (Å²) in [5.41, 5.74) is 0. The van der Waals surface area contributed by atoms with Crippen LogP contribution in [0.1, 0.15) is 12.8 Å². The zero-order chi connectivity index (χ0) is 7.11. The summed E-state index contributed by atoms with van der Waals surface area (Å²) >= 11 is 8.34. The average Bonchev–Trinajstić information content (AvgIpc) is 1.88. The van der Waals surface area contributed by atoms with Crippen molar-refractivity contribution in [1.82, 2.24) is 0 Å². The van der Waals surface area contributed by atoms with Gasteiger partial charge in [0.05, 0.1) is 0 Å². The van der Waals surface area contributed by atoms with Gasteiger partial charge in [-0.25, -0.2) is 0 Å². The number of hydrogen-bond acceptors (Lipinski definition) is 2. The van der Waals surface area contributed by atoms with E-state index in [9.17, 15) is 0 Å². The second-order valence-electron chi connectivity index (χ2n) is 2.09.